The van der Waals surface area contributed by atoms with Crippen LogP contribution < -0.4 is 5.73 Å². The third-order valence-corrected chi connectivity index (χ3v) is 3.37. The molecule has 4 heteroatoms. The first-order valence-corrected chi connectivity index (χ1v) is 6.10. The molecular weight excluding hydrogens is 202 g/mol. The van der Waals surface area contributed by atoms with Gasteiger partial charge in [0.25, 0.3) is 0 Å². The number of nitrogens with zero attached hydrogens (tertiary/aromatic N) is 2. The summed E-state index contributed by atoms with van der Waals surface area (Å²) in [6.45, 7) is 0.620. The molecule has 0 saturated heterocycles. The van der Waals surface area contributed by atoms with Gasteiger partial charge >= 0.3 is 0 Å². The number of imidazole rings is 1. The standard InChI is InChI=1S/C12H21N3O/c1-15-9-14-7-10(15)8-16-12-6-4-2-3-5-11(12)13/h7,9,11-12H,2-6,8,13H2,1H3. The molecule has 1 saturated carbocycles. The van der Waals surface area contributed by atoms with E-state index in [2.05, 4.69) is 4.98 Å². The van der Waals surface area contributed by atoms with Gasteiger partial charge in [0.1, 0.15) is 0 Å². The SMILES string of the molecule is Cn1cncc1COC1CCCCCC1N. The fourth-order valence-corrected chi connectivity index (χ4v) is 2.23. The quantitative estimate of drug-likeness (QED) is 0.792. The Kier molecular flexibility index (Phi) is 3.96. The van der Waals surface area contributed by atoms with Crippen LogP contribution in [0.5, 0.6) is 0 Å². The Morgan fingerprint density at radius 3 is 3.00 bits per heavy atom. The van der Waals surface area contributed by atoms with Crippen molar-refractivity contribution in [1.82, 2.24) is 9.55 Å². The molecule has 2 unspecified atom stereocenters. The summed E-state index contributed by atoms with van der Waals surface area (Å²) < 4.78 is 7.90. The van der Waals surface area contributed by atoms with Crippen molar-refractivity contribution < 1.29 is 4.74 Å². The lowest BCUT2D eigenvalue weighted by atomic mass is 10.1. The molecule has 2 rings (SSSR count). The smallest absolute Gasteiger partial charge is 0.0946 e. The zero-order chi connectivity index (χ0) is 11.4. The van der Waals surface area contributed by atoms with Gasteiger partial charge in [-0.05, 0) is 12.8 Å². The lowest BCUT2D eigenvalue weighted by Gasteiger charge is -2.21. The highest BCUT2D eigenvalue weighted by atomic mass is 16.5. The van der Waals surface area contributed by atoms with Crippen LogP contribution >= 0.6 is 0 Å². The first kappa shape index (κ1) is 11.6. The molecule has 1 aromatic heterocycles. The van der Waals surface area contributed by atoms with Crippen molar-refractivity contribution in [2.45, 2.75) is 50.9 Å². The third kappa shape index (κ3) is 2.83. The topological polar surface area (TPSA) is 53.1 Å². The lowest BCUT2D eigenvalue weighted by Crippen LogP contribution is -2.35. The number of aryl methyl sites for hydroxylation is 1. The maximum atomic E-state index is 6.11. The van der Waals surface area contributed by atoms with E-state index in [1.807, 2.05) is 17.8 Å². The van der Waals surface area contributed by atoms with Crippen LogP contribution in [0.1, 0.15) is 37.8 Å². The Balaban J connectivity index is 1.86. The maximum absolute atomic E-state index is 6.11. The summed E-state index contributed by atoms with van der Waals surface area (Å²) in [4.78, 5) is 4.07. The summed E-state index contributed by atoms with van der Waals surface area (Å²) >= 11 is 0. The van der Waals surface area contributed by atoms with E-state index in [4.69, 9.17) is 10.5 Å². The average Bonchev–Trinajstić information content (AvgIpc) is 2.56. The van der Waals surface area contributed by atoms with Gasteiger partial charge in [-0.2, -0.15) is 0 Å². The minimum absolute atomic E-state index is 0.204. The van der Waals surface area contributed by atoms with Gasteiger partial charge in [0.15, 0.2) is 0 Å². The summed E-state index contributed by atoms with van der Waals surface area (Å²) in [7, 11) is 1.98. The molecule has 0 radical (unpaired) electrons. The molecule has 4 nitrogen and oxygen atoms in total. The lowest BCUT2D eigenvalue weighted by molar-refractivity contribution is 0.0167. The van der Waals surface area contributed by atoms with Gasteiger partial charge in [0.2, 0.25) is 0 Å². The molecule has 1 fully saturated rings. The van der Waals surface area contributed by atoms with Crippen molar-refractivity contribution in [3.63, 3.8) is 0 Å². The molecule has 1 heterocycles. The highest BCUT2D eigenvalue weighted by Crippen LogP contribution is 2.20. The Hall–Kier alpha value is -0.870. The highest BCUT2D eigenvalue weighted by molar-refractivity contribution is 4.95. The maximum Gasteiger partial charge on any atom is 0.0946 e. The van der Waals surface area contributed by atoms with E-state index in [1.165, 1.54) is 19.3 Å². The number of ether oxygens (including phenoxy) is 1. The number of aromatic nitrogens is 2. The van der Waals surface area contributed by atoms with Gasteiger partial charge in [0.05, 0.1) is 30.9 Å². The van der Waals surface area contributed by atoms with Crippen LogP contribution in [-0.4, -0.2) is 21.7 Å². The molecule has 16 heavy (non-hydrogen) atoms. The molecule has 2 N–H and O–H groups in total. The van der Waals surface area contributed by atoms with Gasteiger partial charge < -0.3 is 15.0 Å². The number of nitrogens with two attached hydrogens (primary N) is 1. The third-order valence-electron chi connectivity index (χ3n) is 3.37. The first-order valence-electron chi connectivity index (χ1n) is 6.10. The van der Waals surface area contributed by atoms with E-state index in [-0.39, 0.29) is 12.1 Å². The summed E-state index contributed by atoms with van der Waals surface area (Å²) in [5.74, 6) is 0. The van der Waals surface area contributed by atoms with Gasteiger partial charge in [-0.15, -0.1) is 0 Å². The van der Waals surface area contributed by atoms with Crippen LogP contribution in [0.2, 0.25) is 0 Å². The normalized spacial score (nSPS) is 26.6. The van der Waals surface area contributed by atoms with Crippen molar-refractivity contribution in [3.8, 4) is 0 Å². The fourth-order valence-electron chi connectivity index (χ4n) is 2.23. The van der Waals surface area contributed by atoms with E-state index >= 15 is 0 Å². The molecule has 0 aromatic carbocycles. The molecular formula is C12H21N3O. The predicted molar refractivity (Wildman–Crippen MR) is 62.8 cm³/mol. The number of hydrogen-bond acceptors (Lipinski definition) is 3. The van der Waals surface area contributed by atoms with E-state index < -0.39 is 0 Å². The van der Waals surface area contributed by atoms with Gasteiger partial charge in [-0.1, -0.05) is 19.3 Å². The van der Waals surface area contributed by atoms with Crippen molar-refractivity contribution in [3.05, 3.63) is 18.2 Å². The second-order valence-corrected chi connectivity index (χ2v) is 4.65. The van der Waals surface area contributed by atoms with E-state index in [0.717, 1.165) is 18.5 Å². The van der Waals surface area contributed by atoms with Crippen LogP contribution in [0.25, 0.3) is 0 Å². The molecule has 1 aliphatic rings. The van der Waals surface area contributed by atoms with Gasteiger partial charge in [0, 0.05) is 13.1 Å². The summed E-state index contributed by atoms with van der Waals surface area (Å²) in [5, 5.41) is 0. The second-order valence-electron chi connectivity index (χ2n) is 4.65. The van der Waals surface area contributed by atoms with E-state index in [0.29, 0.717) is 6.61 Å². The monoisotopic (exact) mass is 223 g/mol. The first-order chi connectivity index (χ1) is 7.77. The Morgan fingerprint density at radius 2 is 2.25 bits per heavy atom. The van der Waals surface area contributed by atoms with Crippen molar-refractivity contribution in [2.75, 3.05) is 0 Å². The minimum atomic E-state index is 0.204. The molecule has 90 valence electrons. The van der Waals surface area contributed by atoms with Gasteiger partial charge in [-0.3, -0.25) is 0 Å². The molecule has 1 aliphatic carbocycles. The molecule has 0 bridgehead atoms. The molecule has 2 atom stereocenters. The molecule has 0 amide bonds. The highest BCUT2D eigenvalue weighted by Gasteiger charge is 2.21. The van der Waals surface area contributed by atoms with Crippen LogP contribution in [0.3, 0.4) is 0 Å². The Labute approximate surface area is 96.8 Å². The van der Waals surface area contributed by atoms with E-state index in [9.17, 15) is 0 Å². The van der Waals surface area contributed by atoms with Crippen LogP contribution in [0.4, 0.5) is 0 Å². The average molecular weight is 223 g/mol. The second kappa shape index (κ2) is 5.46. The molecule has 0 spiro atoms. The molecule has 1 aromatic rings. The van der Waals surface area contributed by atoms with Crippen molar-refractivity contribution >= 4 is 0 Å². The van der Waals surface area contributed by atoms with Crippen LogP contribution in [0.15, 0.2) is 12.5 Å². The van der Waals surface area contributed by atoms with Crippen LogP contribution in [-0.2, 0) is 18.4 Å². The Morgan fingerprint density at radius 1 is 1.44 bits per heavy atom. The summed E-state index contributed by atoms with van der Waals surface area (Å²) in [5.41, 5.74) is 7.22. The number of rotatable bonds is 3. The molecule has 0 aliphatic heterocycles. The zero-order valence-corrected chi connectivity index (χ0v) is 9.93. The fraction of sp³-hybridized carbons (Fsp3) is 0.750. The largest absolute Gasteiger partial charge is 0.370 e. The van der Waals surface area contributed by atoms with E-state index in [1.54, 1.807) is 6.33 Å². The van der Waals surface area contributed by atoms with Crippen LogP contribution in [0, 0.1) is 0 Å². The summed E-state index contributed by atoms with van der Waals surface area (Å²) in [6.07, 6.45) is 9.83. The Bertz CT molecular complexity index is 324. The van der Waals surface area contributed by atoms with Crippen molar-refractivity contribution in [2.24, 2.45) is 12.8 Å². The van der Waals surface area contributed by atoms with Crippen molar-refractivity contribution in [1.29, 1.82) is 0 Å². The predicted octanol–water partition coefficient (Wildman–Crippen LogP) is 1.60. The summed E-state index contributed by atoms with van der Waals surface area (Å²) in [6, 6.07) is 0.204. The number of hydrogen-bond donors (Lipinski definition) is 1. The minimum Gasteiger partial charge on any atom is -0.370 e. The zero-order valence-electron chi connectivity index (χ0n) is 9.93. The van der Waals surface area contributed by atoms with Gasteiger partial charge in [-0.25, -0.2) is 4.98 Å².